The maximum Gasteiger partial charge on any atom is 0.416 e. The summed E-state index contributed by atoms with van der Waals surface area (Å²) in [6.45, 7) is 0.729. The van der Waals surface area contributed by atoms with Gasteiger partial charge in [-0.2, -0.15) is 18.3 Å². The maximum absolute atomic E-state index is 13.0. The van der Waals surface area contributed by atoms with Gasteiger partial charge in [0, 0.05) is 18.9 Å². The molecule has 4 N–H and O–H groups in total. The number of pyridine rings is 1. The van der Waals surface area contributed by atoms with E-state index in [1.807, 2.05) is 18.2 Å². The molecule has 0 atom stereocenters. The Morgan fingerprint density at radius 3 is 2.59 bits per heavy atom. The Hall–Kier alpha value is -3.86. The van der Waals surface area contributed by atoms with Crippen LogP contribution in [-0.2, 0) is 24.1 Å². The molecule has 0 aliphatic heterocycles. The van der Waals surface area contributed by atoms with Crippen molar-refractivity contribution in [2.24, 2.45) is 5.11 Å². The average Bonchev–Trinajstić information content (AvgIpc) is 2.76. The monoisotopic (exact) mass is 443 g/mol. The fourth-order valence-electron chi connectivity index (χ4n) is 2.87. The van der Waals surface area contributed by atoms with Crippen LogP contribution in [0, 0.1) is 5.53 Å². The summed E-state index contributed by atoms with van der Waals surface area (Å²) < 4.78 is 44.2. The van der Waals surface area contributed by atoms with Crippen LogP contribution < -0.4 is 11.1 Å². The molecule has 32 heavy (non-hydrogen) atoms. The minimum atomic E-state index is -4.49. The van der Waals surface area contributed by atoms with Gasteiger partial charge in [0.1, 0.15) is 5.70 Å². The molecule has 0 aliphatic rings. The van der Waals surface area contributed by atoms with Crippen molar-refractivity contribution in [3.8, 4) is 11.3 Å². The molecular weight excluding hydrogens is 423 g/mol. The Morgan fingerprint density at radius 2 is 1.88 bits per heavy atom. The largest absolute Gasteiger partial charge is 0.416 e. The van der Waals surface area contributed by atoms with Crippen LogP contribution in [0.15, 0.2) is 59.8 Å². The Bertz CT molecular complexity index is 1130. The summed E-state index contributed by atoms with van der Waals surface area (Å²) in [5.41, 5.74) is 14.6. The molecule has 0 amide bonds. The normalized spacial score (nSPS) is 11.9. The number of ether oxygens (including phenoxy) is 1. The van der Waals surface area contributed by atoms with Crippen molar-refractivity contribution in [1.82, 2.24) is 20.3 Å². The molecule has 0 spiro atoms. The third-order valence-electron chi connectivity index (χ3n) is 4.29. The molecule has 0 fully saturated rings. The minimum absolute atomic E-state index is 0.125. The zero-order valence-electron chi connectivity index (χ0n) is 17.0. The van der Waals surface area contributed by atoms with Crippen molar-refractivity contribution in [3.63, 3.8) is 0 Å². The maximum atomic E-state index is 13.0. The highest BCUT2D eigenvalue weighted by atomic mass is 19.4. The number of methoxy groups -OCH3 is 1. The van der Waals surface area contributed by atoms with Gasteiger partial charge in [0.2, 0.25) is 5.95 Å². The summed E-state index contributed by atoms with van der Waals surface area (Å²) in [5.74, 6) is -0.154. The standard InChI is InChI=1S/C21H20F3N7O/c1-32-12-16-7-3-6-15(28-16)10-27-11-19(31-26)18-9-17(29-20(25)30-18)13-4-2-5-14(8-13)21(22,23)24/h2-9,11,26-27H,10,12H2,1H3,(H2,25,29,30)/b19-11-,31-26?. The van der Waals surface area contributed by atoms with Gasteiger partial charge < -0.3 is 15.8 Å². The summed E-state index contributed by atoms with van der Waals surface area (Å²) >= 11 is 0. The van der Waals surface area contributed by atoms with Crippen molar-refractivity contribution < 1.29 is 17.9 Å². The highest BCUT2D eigenvalue weighted by Crippen LogP contribution is 2.32. The van der Waals surface area contributed by atoms with Crippen LogP contribution in [0.25, 0.3) is 17.0 Å². The zero-order chi connectivity index (χ0) is 23.1. The second kappa shape index (κ2) is 9.96. The van der Waals surface area contributed by atoms with Crippen molar-refractivity contribution in [3.05, 3.63) is 77.4 Å². The molecule has 1 aromatic carbocycles. The predicted octanol–water partition coefficient (Wildman–Crippen LogP) is 4.41. The average molecular weight is 443 g/mol. The van der Waals surface area contributed by atoms with E-state index in [0.717, 1.165) is 23.5 Å². The van der Waals surface area contributed by atoms with Crippen LogP contribution in [-0.4, -0.2) is 22.1 Å². The lowest BCUT2D eigenvalue weighted by Gasteiger charge is -2.10. The number of rotatable bonds is 8. The summed E-state index contributed by atoms with van der Waals surface area (Å²) in [5, 5.41) is 6.45. The molecule has 0 bridgehead atoms. The Morgan fingerprint density at radius 1 is 1.12 bits per heavy atom. The molecule has 0 saturated carbocycles. The second-order valence-electron chi connectivity index (χ2n) is 6.65. The van der Waals surface area contributed by atoms with Gasteiger partial charge in [-0.3, -0.25) is 4.98 Å². The molecule has 3 aromatic rings. The number of alkyl halides is 3. The number of aromatic nitrogens is 3. The van der Waals surface area contributed by atoms with Crippen LogP contribution in [0.4, 0.5) is 19.1 Å². The lowest BCUT2D eigenvalue weighted by atomic mass is 10.1. The molecule has 8 nitrogen and oxygen atoms in total. The van der Waals surface area contributed by atoms with E-state index in [9.17, 15) is 13.2 Å². The summed E-state index contributed by atoms with van der Waals surface area (Å²) in [7, 11) is 1.58. The molecule has 3 rings (SSSR count). The predicted molar refractivity (Wildman–Crippen MR) is 112 cm³/mol. The number of halogens is 3. The molecule has 0 aliphatic carbocycles. The zero-order valence-corrected chi connectivity index (χ0v) is 17.0. The van der Waals surface area contributed by atoms with E-state index >= 15 is 0 Å². The van der Waals surface area contributed by atoms with Crippen LogP contribution in [0.1, 0.15) is 22.6 Å². The van der Waals surface area contributed by atoms with E-state index in [0.29, 0.717) is 13.2 Å². The molecule has 166 valence electrons. The highest BCUT2D eigenvalue weighted by molar-refractivity contribution is 5.69. The van der Waals surface area contributed by atoms with Gasteiger partial charge in [0.15, 0.2) is 0 Å². The number of nitrogens with one attached hydrogen (secondary N) is 2. The minimum Gasteiger partial charge on any atom is -0.383 e. The first-order valence-corrected chi connectivity index (χ1v) is 9.37. The van der Waals surface area contributed by atoms with Crippen molar-refractivity contribution in [1.29, 1.82) is 5.53 Å². The Balaban J connectivity index is 1.84. The Labute approximate surface area is 181 Å². The van der Waals surface area contributed by atoms with Crippen LogP contribution in [0.2, 0.25) is 0 Å². The molecule has 0 radical (unpaired) electrons. The van der Waals surface area contributed by atoms with Crippen LogP contribution in [0.5, 0.6) is 0 Å². The molecule has 11 heteroatoms. The van der Waals surface area contributed by atoms with Crippen molar-refractivity contribution in [2.45, 2.75) is 19.3 Å². The third kappa shape index (κ3) is 5.85. The van der Waals surface area contributed by atoms with Gasteiger partial charge in [-0.25, -0.2) is 15.5 Å². The third-order valence-corrected chi connectivity index (χ3v) is 4.29. The van der Waals surface area contributed by atoms with E-state index in [1.165, 1.54) is 24.4 Å². The summed E-state index contributed by atoms with van der Waals surface area (Å²) in [6, 6.07) is 11.7. The number of hydrogen-bond donors (Lipinski definition) is 3. The van der Waals surface area contributed by atoms with E-state index in [4.69, 9.17) is 16.0 Å². The topological polar surface area (TPSA) is 122 Å². The summed E-state index contributed by atoms with van der Waals surface area (Å²) in [4.78, 5) is 12.5. The number of benzene rings is 1. The Kier molecular flexibility index (Phi) is 7.11. The molecule has 0 unspecified atom stereocenters. The second-order valence-corrected chi connectivity index (χ2v) is 6.65. The SMILES string of the molecule is COCc1cccc(CN/C=C(\N=N)c2cc(-c3cccc(C(F)(F)F)c3)nc(N)n2)n1. The molecular formula is C21H20F3N7O. The fraction of sp³-hybridized carbons (Fsp3) is 0.190. The van der Waals surface area contributed by atoms with Gasteiger partial charge in [-0.15, -0.1) is 0 Å². The number of anilines is 1. The first kappa shape index (κ1) is 22.8. The van der Waals surface area contributed by atoms with Gasteiger partial charge in [-0.05, 0) is 30.3 Å². The number of nitrogens with zero attached hydrogens (tertiary/aromatic N) is 4. The quantitative estimate of drug-likeness (QED) is 0.444. The number of hydrogen-bond acceptors (Lipinski definition) is 8. The first-order chi connectivity index (χ1) is 15.3. The van der Waals surface area contributed by atoms with Gasteiger partial charge in [0.05, 0.1) is 41.5 Å². The number of nitrogen functional groups attached to an aromatic ring is 1. The van der Waals surface area contributed by atoms with Gasteiger partial charge in [-0.1, -0.05) is 18.2 Å². The lowest BCUT2D eigenvalue weighted by molar-refractivity contribution is -0.137. The number of nitrogens with two attached hydrogens (primary N) is 1. The van der Waals surface area contributed by atoms with E-state index in [-0.39, 0.29) is 28.6 Å². The van der Waals surface area contributed by atoms with Gasteiger partial charge in [0.25, 0.3) is 0 Å². The highest BCUT2D eigenvalue weighted by Gasteiger charge is 2.30. The first-order valence-electron chi connectivity index (χ1n) is 9.37. The van der Waals surface area contributed by atoms with E-state index in [1.54, 1.807) is 7.11 Å². The molecule has 2 aromatic heterocycles. The van der Waals surface area contributed by atoms with E-state index in [2.05, 4.69) is 25.4 Å². The van der Waals surface area contributed by atoms with Crippen molar-refractivity contribution in [2.75, 3.05) is 12.8 Å². The van der Waals surface area contributed by atoms with Crippen molar-refractivity contribution >= 4 is 11.6 Å². The smallest absolute Gasteiger partial charge is 0.383 e. The van der Waals surface area contributed by atoms with E-state index < -0.39 is 11.7 Å². The van der Waals surface area contributed by atoms with Crippen LogP contribution >= 0.6 is 0 Å². The van der Waals surface area contributed by atoms with Gasteiger partial charge >= 0.3 is 6.18 Å². The lowest BCUT2D eigenvalue weighted by Crippen LogP contribution is -2.09. The summed E-state index contributed by atoms with van der Waals surface area (Å²) in [6.07, 6.45) is -3.03. The van der Waals surface area contributed by atoms with Crippen LogP contribution in [0.3, 0.4) is 0 Å². The molecule has 2 heterocycles. The fourth-order valence-corrected chi connectivity index (χ4v) is 2.87. The molecule has 0 saturated heterocycles.